The van der Waals surface area contributed by atoms with Crippen LogP contribution in [0.1, 0.15) is 5.69 Å². The Morgan fingerprint density at radius 3 is 2.84 bits per heavy atom. The van der Waals surface area contributed by atoms with Crippen molar-refractivity contribution in [3.05, 3.63) is 60.6 Å². The highest BCUT2D eigenvalue weighted by Gasteiger charge is 2.11. The molecule has 7 nitrogen and oxygen atoms in total. The van der Waals surface area contributed by atoms with Crippen LogP contribution in [0.2, 0.25) is 0 Å². The van der Waals surface area contributed by atoms with E-state index in [1.54, 1.807) is 19.4 Å². The van der Waals surface area contributed by atoms with E-state index in [1.165, 1.54) is 0 Å². The minimum atomic E-state index is 0.483. The molecule has 0 amide bonds. The van der Waals surface area contributed by atoms with Crippen molar-refractivity contribution in [2.45, 2.75) is 6.54 Å². The Balaban J connectivity index is 1.69. The zero-order valence-electron chi connectivity index (χ0n) is 13.6. The average Bonchev–Trinajstić information content (AvgIpc) is 3.15. The van der Waals surface area contributed by atoms with Crippen LogP contribution in [0.4, 0.5) is 5.82 Å². The molecule has 25 heavy (non-hydrogen) atoms. The van der Waals surface area contributed by atoms with Gasteiger partial charge in [0.15, 0.2) is 0 Å². The molecule has 0 aromatic carbocycles. The van der Waals surface area contributed by atoms with E-state index >= 15 is 0 Å². The van der Waals surface area contributed by atoms with Gasteiger partial charge in [0.25, 0.3) is 0 Å². The lowest BCUT2D eigenvalue weighted by Gasteiger charge is -2.09. The van der Waals surface area contributed by atoms with Crippen LogP contribution in [-0.4, -0.2) is 32.3 Å². The number of ether oxygens (including phenoxy) is 1. The second-order valence-electron chi connectivity index (χ2n) is 5.43. The number of pyridine rings is 2. The maximum Gasteiger partial charge on any atom is 0.233 e. The summed E-state index contributed by atoms with van der Waals surface area (Å²) in [7, 11) is 1.57. The molecular formula is C18H16N6O. The normalized spacial score (nSPS) is 10.8. The van der Waals surface area contributed by atoms with Gasteiger partial charge in [0.2, 0.25) is 5.88 Å². The maximum atomic E-state index is 5.08. The molecular weight excluding hydrogens is 316 g/mol. The van der Waals surface area contributed by atoms with Gasteiger partial charge in [0, 0.05) is 29.4 Å². The summed E-state index contributed by atoms with van der Waals surface area (Å²) in [6, 6.07) is 13.5. The zero-order chi connectivity index (χ0) is 17.1. The lowest BCUT2D eigenvalue weighted by atomic mass is 10.1. The molecule has 0 saturated carbocycles. The monoisotopic (exact) mass is 332 g/mol. The van der Waals surface area contributed by atoms with Gasteiger partial charge < -0.3 is 15.0 Å². The molecule has 4 aromatic rings. The van der Waals surface area contributed by atoms with E-state index in [9.17, 15) is 0 Å². The van der Waals surface area contributed by atoms with Gasteiger partial charge in [-0.1, -0.05) is 6.07 Å². The number of hydrogen-bond acceptors (Lipinski definition) is 6. The highest BCUT2D eigenvalue weighted by atomic mass is 16.5. The first kappa shape index (κ1) is 15.1. The number of aromatic nitrogens is 5. The lowest BCUT2D eigenvalue weighted by molar-refractivity contribution is 0.392. The fraction of sp³-hybridized carbons (Fsp3) is 0.111. The van der Waals surface area contributed by atoms with Gasteiger partial charge in [-0.3, -0.25) is 4.98 Å². The fourth-order valence-corrected chi connectivity index (χ4v) is 2.60. The first-order valence-electron chi connectivity index (χ1n) is 7.83. The summed E-state index contributed by atoms with van der Waals surface area (Å²) in [6.45, 7) is 0.591. The van der Waals surface area contributed by atoms with Crippen molar-refractivity contribution < 1.29 is 4.74 Å². The summed E-state index contributed by atoms with van der Waals surface area (Å²) in [5.74, 6) is 1.23. The first-order valence-corrected chi connectivity index (χ1v) is 7.83. The number of rotatable bonds is 5. The van der Waals surface area contributed by atoms with Gasteiger partial charge in [0.1, 0.15) is 11.5 Å². The Kier molecular flexibility index (Phi) is 3.96. The number of anilines is 1. The Hall–Kier alpha value is -3.48. The van der Waals surface area contributed by atoms with Crippen LogP contribution in [-0.2, 0) is 6.54 Å². The number of nitrogens with one attached hydrogen (secondary N) is 2. The Morgan fingerprint density at radius 1 is 1.12 bits per heavy atom. The minimum absolute atomic E-state index is 0.483. The van der Waals surface area contributed by atoms with Crippen molar-refractivity contribution in [3.63, 3.8) is 0 Å². The van der Waals surface area contributed by atoms with Gasteiger partial charge in [-0.25, -0.2) is 4.98 Å². The number of H-pyrrole nitrogens is 1. The van der Waals surface area contributed by atoms with E-state index in [0.29, 0.717) is 12.4 Å². The number of aromatic amines is 1. The van der Waals surface area contributed by atoms with Crippen molar-refractivity contribution in [1.82, 2.24) is 25.1 Å². The van der Waals surface area contributed by atoms with E-state index in [1.807, 2.05) is 42.6 Å². The van der Waals surface area contributed by atoms with E-state index in [0.717, 1.165) is 33.8 Å². The second-order valence-corrected chi connectivity index (χ2v) is 5.43. The molecule has 4 heterocycles. The largest absolute Gasteiger partial charge is 0.480 e. The molecule has 0 fully saturated rings. The van der Waals surface area contributed by atoms with Crippen molar-refractivity contribution in [2.24, 2.45) is 0 Å². The molecule has 0 spiro atoms. The Morgan fingerprint density at radius 2 is 2.08 bits per heavy atom. The predicted molar refractivity (Wildman–Crippen MR) is 95.2 cm³/mol. The summed E-state index contributed by atoms with van der Waals surface area (Å²) in [5.41, 5.74) is 3.44. The average molecular weight is 332 g/mol. The van der Waals surface area contributed by atoms with Crippen LogP contribution in [0.3, 0.4) is 0 Å². The van der Waals surface area contributed by atoms with Gasteiger partial charge in [-0.2, -0.15) is 0 Å². The molecule has 0 saturated heterocycles. The van der Waals surface area contributed by atoms with Crippen LogP contribution >= 0.6 is 0 Å². The van der Waals surface area contributed by atoms with Crippen LogP contribution in [0, 0.1) is 0 Å². The van der Waals surface area contributed by atoms with Crippen LogP contribution in [0.5, 0.6) is 5.88 Å². The van der Waals surface area contributed by atoms with Crippen molar-refractivity contribution >= 4 is 16.9 Å². The molecule has 7 heteroatoms. The summed E-state index contributed by atoms with van der Waals surface area (Å²) < 4.78 is 5.08. The van der Waals surface area contributed by atoms with Gasteiger partial charge in [-0.15, -0.1) is 10.2 Å². The molecule has 0 radical (unpaired) electrons. The predicted octanol–water partition coefficient (Wildman–Crippen LogP) is 3.04. The van der Waals surface area contributed by atoms with Crippen molar-refractivity contribution in [2.75, 3.05) is 12.4 Å². The van der Waals surface area contributed by atoms with Crippen molar-refractivity contribution in [3.8, 4) is 17.1 Å². The third-order valence-corrected chi connectivity index (χ3v) is 3.83. The topological polar surface area (TPSA) is 88.6 Å². The second kappa shape index (κ2) is 6.56. The Labute approximate surface area is 144 Å². The summed E-state index contributed by atoms with van der Waals surface area (Å²) in [4.78, 5) is 12.1. The third kappa shape index (κ3) is 3.12. The maximum absolute atomic E-state index is 5.08. The molecule has 0 atom stereocenters. The van der Waals surface area contributed by atoms with E-state index in [-0.39, 0.29) is 0 Å². The molecule has 2 N–H and O–H groups in total. The quantitative estimate of drug-likeness (QED) is 0.584. The molecule has 0 bridgehead atoms. The van der Waals surface area contributed by atoms with E-state index in [2.05, 4.69) is 30.5 Å². The summed E-state index contributed by atoms with van der Waals surface area (Å²) in [5, 5.41) is 12.6. The summed E-state index contributed by atoms with van der Waals surface area (Å²) in [6.07, 6.45) is 3.64. The highest BCUT2D eigenvalue weighted by molar-refractivity contribution is 5.93. The SMILES string of the molecule is COc1ccc(-c2cc(NCc3ccccn3)nc3[nH]ccc23)nn1. The van der Waals surface area contributed by atoms with Crippen LogP contribution < -0.4 is 10.1 Å². The number of methoxy groups -OCH3 is 1. The molecule has 4 rings (SSSR count). The smallest absolute Gasteiger partial charge is 0.233 e. The molecule has 0 aliphatic heterocycles. The molecule has 124 valence electrons. The number of fused-ring (bicyclic) bond motifs is 1. The van der Waals surface area contributed by atoms with Crippen molar-refractivity contribution in [1.29, 1.82) is 0 Å². The Bertz CT molecular complexity index is 982. The van der Waals surface area contributed by atoms with Crippen LogP contribution in [0.25, 0.3) is 22.3 Å². The third-order valence-electron chi connectivity index (χ3n) is 3.83. The molecule has 0 unspecified atom stereocenters. The highest BCUT2D eigenvalue weighted by Crippen LogP contribution is 2.28. The van der Waals surface area contributed by atoms with Gasteiger partial charge in [-0.05, 0) is 30.3 Å². The number of hydrogen-bond donors (Lipinski definition) is 2. The first-order chi connectivity index (χ1) is 12.3. The zero-order valence-corrected chi connectivity index (χ0v) is 13.6. The molecule has 4 aromatic heterocycles. The van der Waals surface area contributed by atoms with Gasteiger partial charge in [0.05, 0.1) is 25.0 Å². The van der Waals surface area contributed by atoms with E-state index in [4.69, 9.17) is 4.74 Å². The minimum Gasteiger partial charge on any atom is -0.480 e. The fourth-order valence-electron chi connectivity index (χ4n) is 2.60. The standard InChI is InChI=1S/C18H16N6O/c1-25-17-6-5-15(23-24-17)14-10-16(22-18-13(14)7-9-20-18)21-11-12-4-2-3-8-19-12/h2-10H,11H2,1H3,(H2,20,21,22). The van der Waals surface area contributed by atoms with E-state index < -0.39 is 0 Å². The van der Waals surface area contributed by atoms with Gasteiger partial charge >= 0.3 is 0 Å². The molecule has 0 aliphatic carbocycles. The summed E-state index contributed by atoms with van der Waals surface area (Å²) >= 11 is 0. The lowest BCUT2D eigenvalue weighted by Crippen LogP contribution is -2.03. The molecule has 0 aliphatic rings. The number of nitrogens with zero attached hydrogens (tertiary/aromatic N) is 4. The van der Waals surface area contributed by atoms with Crippen LogP contribution in [0.15, 0.2) is 54.9 Å².